The lowest BCUT2D eigenvalue weighted by Gasteiger charge is -2.11. The fraction of sp³-hybridized carbons (Fsp3) is 0.0714. The van der Waals surface area contributed by atoms with E-state index >= 15 is 0 Å². The van der Waals surface area contributed by atoms with E-state index in [1.54, 1.807) is 19.2 Å². The van der Waals surface area contributed by atoms with Crippen molar-refractivity contribution in [2.75, 3.05) is 4.72 Å². The van der Waals surface area contributed by atoms with Crippen molar-refractivity contribution >= 4 is 15.7 Å². The van der Waals surface area contributed by atoms with Crippen molar-refractivity contribution in [3.05, 3.63) is 60.6 Å². The highest BCUT2D eigenvalue weighted by Crippen LogP contribution is 2.21. The maximum atomic E-state index is 13.5. The third-order valence-electron chi connectivity index (χ3n) is 2.98. The van der Waals surface area contributed by atoms with E-state index in [1.165, 1.54) is 35.5 Å². The first kappa shape index (κ1) is 15.1. The Hall–Kier alpha value is -2.81. The fourth-order valence-electron chi connectivity index (χ4n) is 2.03. The van der Waals surface area contributed by atoms with Crippen molar-refractivity contribution in [3.8, 4) is 5.82 Å². The molecule has 0 amide bonds. The topological polar surface area (TPSA) is 89.8 Å². The minimum Gasteiger partial charge on any atom is -0.274 e. The summed E-state index contributed by atoms with van der Waals surface area (Å²) in [6.07, 6.45) is 5.75. The second-order valence-electron chi connectivity index (χ2n) is 4.78. The van der Waals surface area contributed by atoms with Crippen LogP contribution in [0.15, 0.2) is 54.1 Å². The molecule has 118 valence electrons. The molecule has 2 heterocycles. The van der Waals surface area contributed by atoms with Crippen LogP contribution in [-0.4, -0.2) is 28.2 Å². The summed E-state index contributed by atoms with van der Waals surface area (Å²) in [6.45, 7) is 1.61. The van der Waals surface area contributed by atoms with Gasteiger partial charge in [0, 0.05) is 12.4 Å². The van der Waals surface area contributed by atoms with Crippen LogP contribution in [-0.2, 0) is 10.0 Å². The number of anilines is 1. The van der Waals surface area contributed by atoms with Gasteiger partial charge in [0.25, 0.3) is 10.0 Å². The number of rotatable bonds is 4. The molecule has 23 heavy (non-hydrogen) atoms. The summed E-state index contributed by atoms with van der Waals surface area (Å²) in [6, 6.07) is 5.26. The molecule has 0 aliphatic rings. The van der Waals surface area contributed by atoms with E-state index < -0.39 is 15.8 Å². The summed E-state index contributed by atoms with van der Waals surface area (Å²) < 4.78 is 42.2. The Kier molecular flexibility index (Phi) is 3.78. The van der Waals surface area contributed by atoms with Crippen LogP contribution >= 0.6 is 0 Å². The number of aromatic nitrogens is 4. The van der Waals surface area contributed by atoms with Gasteiger partial charge in [0.2, 0.25) is 0 Å². The van der Waals surface area contributed by atoms with E-state index in [2.05, 4.69) is 19.8 Å². The minimum absolute atomic E-state index is 0.137. The number of aryl methyl sites for hydroxylation is 1. The zero-order valence-electron chi connectivity index (χ0n) is 12.0. The lowest BCUT2D eigenvalue weighted by atomic mass is 10.2. The molecule has 1 N–H and O–H groups in total. The molecule has 1 aromatic carbocycles. The summed E-state index contributed by atoms with van der Waals surface area (Å²) in [5, 5.41) is 4.01. The van der Waals surface area contributed by atoms with Crippen LogP contribution in [0.4, 0.5) is 10.1 Å². The Morgan fingerprint density at radius 3 is 2.78 bits per heavy atom. The normalized spacial score (nSPS) is 11.4. The van der Waals surface area contributed by atoms with Crippen LogP contribution in [0.2, 0.25) is 0 Å². The second-order valence-corrected chi connectivity index (χ2v) is 6.46. The van der Waals surface area contributed by atoms with Crippen LogP contribution in [0.5, 0.6) is 0 Å². The molecular formula is C14H12FN5O2S. The molecular weight excluding hydrogens is 321 g/mol. The molecule has 0 saturated heterocycles. The summed E-state index contributed by atoms with van der Waals surface area (Å²) in [5.74, 6) is -0.358. The molecule has 3 aromatic rings. The van der Waals surface area contributed by atoms with Gasteiger partial charge in [-0.25, -0.2) is 27.5 Å². The third kappa shape index (κ3) is 3.19. The van der Waals surface area contributed by atoms with Crippen LogP contribution in [0.1, 0.15) is 5.56 Å². The van der Waals surface area contributed by atoms with Crippen LogP contribution in [0, 0.1) is 12.7 Å². The average molecular weight is 333 g/mol. The molecule has 0 aliphatic carbocycles. The van der Waals surface area contributed by atoms with Gasteiger partial charge in [0.1, 0.15) is 17.8 Å². The zero-order valence-corrected chi connectivity index (χ0v) is 12.8. The Balaban J connectivity index is 2.02. The molecule has 0 radical (unpaired) electrons. The number of nitrogens with one attached hydrogen (secondary N) is 1. The molecule has 7 nitrogen and oxygen atoms in total. The molecule has 0 saturated carbocycles. The number of benzene rings is 1. The van der Waals surface area contributed by atoms with Gasteiger partial charge in [0.05, 0.1) is 11.1 Å². The minimum atomic E-state index is -3.98. The van der Waals surface area contributed by atoms with E-state index in [1.807, 2.05) is 0 Å². The molecule has 0 unspecified atom stereocenters. The van der Waals surface area contributed by atoms with Gasteiger partial charge in [-0.2, -0.15) is 5.10 Å². The Labute approximate surface area is 131 Å². The molecule has 0 spiro atoms. The van der Waals surface area contributed by atoms with Crippen molar-refractivity contribution < 1.29 is 12.8 Å². The largest absolute Gasteiger partial charge is 0.274 e. The summed E-state index contributed by atoms with van der Waals surface area (Å²) in [4.78, 5) is 7.66. The average Bonchev–Trinajstić information content (AvgIpc) is 3.00. The van der Waals surface area contributed by atoms with Crippen molar-refractivity contribution in [3.63, 3.8) is 0 Å². The number of hydrogen-bond donors (Lipinski definition) is 1. The monoisotopic (exact) mass is 333 g/mol. The summed E-state index contributed by atoms with van der Waals surface area (Å²) >= 11 is 0. The molecule has 0 aliphatic heterocycles. The van der Waals surface area contributed by atoms with E-state index in [4.69, 9.17) is 0 Å². The van der Waals surface area contributed by atoms with E-state index in [0.717, 1.165) is 6.07 Å². The first-order valence-electron chi connectivity index (χ1n) is 6.56. The van der Waals surface area contributed by atoms with Crippen LogP contribution in [0.3, 0.4) is 0 Å². The van der Waals surface area contributed by atoms with Gasteiger partial charge in [-0.15, -0.1) is 0 Å². The smallest absolute Gasteiger partial charge is 0.262 e. The highest BCUT2D eigenvalue weighted by molar-refractivity contribution is 7.92. The Morgan fingerprint density at radius 1 is 1.26 bits per heavy atom. The number of sulfonamides is 1. The predicted octanol–water partition coefficient (Wildman–Crippen LogP) is 1.91. The summed E-state index contributed by atoms with van der Waals surface area (Å²) in [7, 11) is -3.98. The third-order valence-corrected chi connectivity index (χ3v) is 4.33. The molecule has 0 fully saturated rings. The Morgan fingerprint density at radius 2 is 2.09 bits per heavy atom. The highest BCUT2D eigenvalue weighted by Gasteiger charge is 2.19. The molecule has 2 aromatic heterocycles. The van der Waals surface area contributed by atoms with Crippen molar-refractivity contribution in [2.24, 2.45) is 0 Å². The number of hydrogen-bond acceptors (Lipinski definition) is 5. The lowest BCUT2D eigenvalue weighted by molar-refractivity contribution is 0.594. The van der Waals surface area contributed by atoms with Crippen LogP contribution in [0.25, 0.3) is 5.82 Å². The van der Waals surface area contributed by atoms with Gasteiger partial charge in [-0.05, 0) is 36.8 Å². The van der Waals surface area contributed by atoms with Crippen molar-refractivity contribution in [2.45, 2.75) is 11.8 Å². The first-order chi connectivity index (χ1) is 11.0. The molecule has 0 atom stereocenters. The Bertz CT molecular complexity index is 921. The number of halogens is 1. The summed E-state index contributed by atoms with van der Waals surface area (Å²) in [5.41, 5.74) is 0.639. The molecule has 3 rings (SSSR count). The van der Waals surface area contributed by atoms with Gasteiger partial charge < -0.3 is 0 Å². The predicted molar refractivity (Wildman–Crippen MR) is 81.1 cm³/mol. The molecule has 0 bridgehead atoms. The van der Waals surface area contributed by atoms with Gasteiger partial charge >= 0.3 is 0 Å². The van der Waals surface area contributed by atoms with E-state index in [9.17, 15) is 12.8 Å². The van der Waals surface area contributed by atoms with Crippen molar-refractivity contribution in [1.29, 1.82) is 0 Å². The van der Waals surface area contributed by atoms with E-state index in [0.29, 0.717) is 5.56 Å². The van der Waals surface area contributed by atoms with E-state index in [-0.39, 0.29) is 16.4 Å². The fourth-order valence-corrected chi connectivity index (χ4v) is 3.19. The quantitative estimate of drug-likeness (QED) is 0.788. The van der Waals surface area contributed by atoms with Gasteiger partial charge in [-0.3, -0.25) is 4.72 Å². The SMILES string of the molecule is Cc1cc(F)cc(S(=O)(=O)Nc2cncnc2-n2cccn2)c1. The first-order valence-corrected chi connectivity index (χ1v) is 8.04. The lowest BCUT2D eigenvalue weighted by Crippen LogP contribution is -2.16. The zero-order chi connectivity index (χ0) is 16.4. The maximum absolute atomic E-state index is 13.5. The van der Waals surface area contributed by atoms with Crippen LogP contribution < -0.4 is 4.72 Å². The standard InChI is InChI=1S/C14H12FN5O2S/c1-10-5-11(15)7-12(6-10)23(21,22)19-13-8-16-9-17-14(13)20-4-2-3-18-20/h2-9,19H,1H3. The maximum Gasteiger partial charge on any atom is 0.262 e. The van der Waals surface area contributed by atoms with Gasteiger partial charge in [0.15, 0.2) is 5.82 Å². The van der Waals surface area contributed by atoms with Crippen molar-refractivity contribution in [1.82, 2.24) is 19.7 Å². The van der Waals surface area contributed by atoms with Gasteiger partial charge in [-0.1, -0.05) is 0 Å². The molecule has 9 heteroatoms. The highest BCUT2D eigenvalue weighted by atomic mass is 32.2. The number of nitrogens with zero attached hydrogens (tertiary/aromatic N) is 4. The second kappa shape index (κ2) is 5.76.